The predicted octanol–water partition coefficient (Wildman–Crippen LogP) is 4.61. The van der Waals surface area contributed by atoms with Crippen LogP contribution in [0.3, 0.4) is 0 Å². The number of nitrogens with zero attached hydrogens (tertiary/aromatic N) is 2. The van der Waals surface area contributed by atoms with Crippen LogP contribution >= 0.6 is 0 Å². The molecule has 0 unspecified atom stereocenters. The first-order chi connectivity index (χ1) is 14.0. The molecule has 0 spiro atoms. The lowest BCUT2D eigenvalue weighted by molar-refractivity contribution is 0.102. The molecule has 0 saturated heterocycles. The van der Waals surface area contributed by atoms with Gasteiger partial charge in [-0.25, -0.2) is 9.97 Å². The van der Waals surface area contributed by atoms with E-state index in [1.54, 1.807) is 38.5 Å². The number of amides is 1. The van der Waals surface area contributed by atoms with Gasteiger partial charge in [-0.05, 0) is 29.7 Å². The Labute approximate surface area is 170 Å². The molecule has 7 nitrogen and oxygen atoms in total. The summed E-state index contributed by atoms with van der Waals surface area (Å²) in [6.07, 6.45) is 1.36. The largest absolute Gasteiger partial charge is 0.493 e. The summed E-state index contributed by atoms with van der Waals surface area (Å²) in [4.78, 5) is 21.0. The van der Waals surface area contributed by atoms with Gasteiger partial charge in [0, 0.05) is 23.5 Å². The molecule has 0 aliphatic rings. The van der Waals surface area contributed by atoms with Gasteiger partial charge in [0.15, 0.2) is 11.5 Å². The summed E-state index contributed by atoms with van der Waals surface area (Å²) >= 11 is 0. The highest BCUT2D eigenvalue weighted by Crippen LogP contribution is 2.30. The van der Waals surface area contributed by atoms with Gasteiger partial charge in [0.2, 0.25) is 0 Å². The molecule has 3 aromatic rings. The van der Waals surface area contributed by atoms with Crippen molar-refractivity contribution < 1.29 is 14.3 Å². The van der Waals surface area contributed by atoms with Gasteiger partial charge >= 0.3 is 0 Å². The van der Waals surface area contributed by atoms with Gasteiger partial charge in [0.05, 0.1) is 14.2 Å². The maximum absolute atomic E-state index is 12.6. The summed E-state index contributed by atoms with van der Waals surface area (Å²) in [5.41, 5.74) is 2.94. The Morgan fingerprint density at radius 3 is 2.45 bits per heavy atom. The smallest absolute Gasteiger partial charge is 0.274 e. The summed E-state index contributed by atoms with van der Waals surface area (Å²) < 4.78 is 10.5. The first-order valence-corrected chi connectivity index (χ1v) is 9.23. The molecule has 0 fully saturated rings. The second-order valence-corrected chi connectivity index (χ2v) is 6.68. The zero-order valence-electron chi connectivity index (χ0n) is 16.9. The van der Waals surface area contributed by atoms with Gasteiger partial charge < -0.3 is 20.1 Å². The van der Waals surface area contributed by atoms with E-state index in [4.69, 9.17) is 9.47 Å². The molecule has 1 heterocycles. The third kappa shape index (κ3) is 4.82. The molecule has 0 aliphatic carbocycles. The van der Waals surface area contributed by atoms with Crippen LogP contribution in [0.4, 0.5) is 17.2 Å². The van der Waals surface area contributed by atoms with Crippen molar-refractivity contribution in [2.24, 2.45) is 0 Å². The second kappa shape index (κ2) is 9.05. The number of hydrogen-bond donors (Lipinski definition) is 2. The number of anilines is 3. The van der Waals surface area contributed by atoms with E-state index < -0.39 is 0 Å². The van der Waals surface area contributed by atoms with Crippen LogP contribution in [0.5, 0.6) is 11.5 Å². The monoisotopic (exact) mass is 392 g/mol. The van der Waals surface area contributed by atoms with Crippen molar-refractivity contribution in [3.8, 4) is 11.5 Å². The minimum Gasteiger partial charge on any atom is -0.493 e. The second-order valence-electron chi connectivity index (χ2n) is 6.68. The Kier molecular flexibility index (Phi) is 6.29. The fourth-order valence-electron chi connectivity index (χ4n) is 2.91. The lowest BCUT2D eigenvalue weighted by Crippen LogP contribution is -2.14. The van der Waals surface area contributed by atoms with Crippen molar-refractivity contribution in [1.29, 1.82) is 0 Å². The average molecular weight is 392 g/mol. The Morgan fingerprint density at radius 2 is 1.72 bits per heavy atom. The summed E-state index contributed by atoms with van der Waals surface area (Å²) in [6.45, 7) is 4.25. The van der Waals surface area contributed by atoms with Crippen molar-refractivity contribution in [2.75, 3.05) is 24.9 Å². The van der Waals surface area contributed by atoms with E-state index in [1.165, 1.54) is 11.9 Å². The number of methoxy groups -OCH3 is 2. The molecule has 1 aromatic heterocycles. The Morgan fingerprint density at radius 1 is 0.966 bits per heavy atom. The van der Waals surface area contributed by atoms with Crippen molar-refractivity contribution in [3.05, 3.63) is 66.1 Å². The van der Waals surface area contributed by atoms with Crippen LogP contribution < -0.4 is 20.1 Å². The van der Waals surface area contributed by atoms with Crippen LogP contribution in [0.25, 0.3) is 0 Å². The molecule has 1 amide bonds. The highest BCUT2D eigenvalue weighted by atomic mass is 16.5. The number of carbonyl (C=O) groups excluding carboxylic acids is 1. The Bertz CT molecular complexity index is 1000. The SMILES string of the molecule is COc1ccc(NC(=O)c2cc(Nc3ccccc3C(C)C)ncn2)cc1OC. The number of hydrogen-bond acceptors (Lipinski definition) is 6. The van der Waals surface area contributed by atoms with E-state index in [0.29, 0.717) is 28.9 Å². The highest BCUT2D eigenvalue weighted by Gasteiger charge is 2.13. The predicted molar refractivity (Wildman–Crippen MR) is 113 cm³/mol. The zero-order chi connectivity index (χ0) is 20.8. The molecule has 0 bridgehead atoms. The van der Waals surface area contributed by atoms with Crippen LogP contribution in [0.15, 0.2) is 54.9 Å². The molecule has 0 saturated carbocycles. The maximum Gasteiger partial charge on any atom is 0.274 e. The van der Waals surface area contributed by atoms with Crippen molar-refractivity contribution in [1.82, 2.24) is 9.97 Å². The molecule has 150 valence electrons. The standard InChI is InChI=1S/C22H24N4O3/c1-14(2)16-7-5-6-8-17(16)26-21-12-18(23-13-24-21)22(27)25-15-9-10-19(28-3)20(11-15)29-4/h5-14H,1-4H3,(H,25,27)(H,23,24,26). The van der Waals surface area contributed by atoms with E-state index in [1.807, 2.05) is 18.2 Å². The number of ether oxygens (including phenoxy) is 2. The molecule has 2 N–H and O–H groups in total. The Hall–Kier alpha value is -3.61. The molecule has 3 rings (SSSR count). The molecule has 29 heavy (non-hydrogen) atoms. The van der Waals surface area contributed by atoms with E-state index in [2.05, 4.69) is 40.5 Å². The van der Waals surface area contributed by atoms with E-state index in [9.17, 15) is 4.79 Å². The van der Waals surface area contributed by atoms with Gasteiger partial charge in [-0.2, -0.15) is 0 Å². The summed E-state index contributed by atoms with van der Waals surface area (Å²) in [5, 5.41) is 6.09. The van der Waals surface area contributed by atoms with Crippen LogP contribution in [-0.2, 0) is 0 Å². The first kappa shape index (κ1) is 20.1. The first-order valence-electron chi connectivity index (χ1n) is 9.23. The van der Waals surface area contributed by atoms with Gasteiger partial charge in [-0.3, -0.25) is 4.79 Å². The van der Waals surface area contributed by atoms with Gasteiger partial charge in [-0.1, -0.05) is 32.0 Å². The number of nitrogens with one attached hydrogen (secondary N) is 2. The number of carbonyl (C=O) groups is 1. The third-order valence-corrected chi connectivity index (χ3v) is 4.39. The lowest BCUT2D eigenvalue weighted by Gasteiger charge is -2.14. The molecule has 2 aromatic carbocycles. The molecule has 0 radical (unpaired) electrons. The zero-order valence-corrected chi connectivity index (χ0v) is 16.9. The van der Waals surface area contributed by atoms with Gasteiger partial charge in [0.25, 0.3) is 5.91 Å². The van der Waals surface area contributed by atoms with E-state index in [0.717, 1.165) is 5.69 Å². The minimum absolute atomic E-state index is 0.249. The van der Waals surface area contributed by atoms with Gasteiger partial charge in [0.1, 0.15) is 17.8 Å². The quantitative estimate of drug-likeness (QED) is 0.611. The van der Waals surface area contributed by atoms with Crippen molar-refractivity contribution in [2.45, 2.75) is 19.8 Å². The topological polar surface area (TPSA) is 85.4 Å². The summed E-state index contributed by atoms with van der Waals surface area (Å²) in [7, 11) is 3.10. The van der Waals surface area contributed by atoms with Crippen LogP contribution in [-0.4, -0.2) is 30.1 Å². The molecule has 0 aliphatic heterocycles. The van der Waals surface area contributed by atoms with Crippen molar-refractivity contribution >= 4 is 23.1 Å². The maximum atomic E-state index is 12.6. The molecule has 0 atom stereocenters. The average Bonchev–Trinajstić information content (AvgIpc) is 2.74. The van der Waals surface area contributed by atoms with Crippen LogP contribution in [0.1, 0.15) is 35.8 Å². The van der Waals surface area contributed by atoms with Crippen molar-refractivity contribution in [3.63, 3.8) is 0 Å². The summed E-state index contributed by atoms with van der Waals surface area (Å²) in [5.74, 6) is 1.67. The number of para-hydroxylation sites is 1. The van der Waals surface area contributed by atoms with Gasteiger partial charge in [-0.15, -0.1) is 0 Å². The molecule has 7 heteroatoms. The highest BCUT2D eigenvalue weighted by molar-refractivity contribution is 6.03. The number of rotatable bonds is 7. The fraction of sp³-hybridized carbons (Fsp3) is 0.227. The minimum atomic E-state index is -0.347. The third-order valence-electron chi connectivity index (χ3n) is 4.39. The van der Waals surface area contributed by atoms with Crippen LogP contribution in [0, 0.1) is 0 Å². The normalized spacial score (nSPS) is 10.5. The fourth-order valence-corrected chi connectivity index (χ4v) is 2.91. The molecular formula is C22H24N4O3. The summed E-state index contributed by atoms with van der Waals surface area (Å²) in [6, 6.07) is 14.8. The lowest BCUT2D eigenvalue weighted by atomic mass is 10.0. The molecular weight excluding hydrogens is 368 g/mol. The number of aromatic nitrogens is 2. The Balaban J connectivity index is 1.78. The van der Waals surface area contributed by atoms with Crippen LogP contribution in [0.2, 0.25) is 0 Å². The van der Waals surface area contributed by atoms with E-state index in [-0.39, 0.29) is 11.6 Å². The number of benzene rings is 2. The van der Waals surface area contributed by atoms with E-state index >= 15 is 0 Å².